The van der Waals surface area contributed by atoms with E-state index < -0.39 is 47.5 Å². The molecule has 2 aromatic carbocycles. The van der Waals surface area contributed by atoms with Crippen molar-refractivity contribution in [3.8, 4) is 11.1 Å². The fourth-order valence-electron chi connectivity index (χ4n) is 7.21. The number of hydrogen-bond acceptors (Lipinski definition) is 6. The van der Waals surface area contributed by atoms with Crippen molar-refractivity contribution in [2.75, 3.05) is 0 Å². The third-order valence-electron chi connectivity index (χ3n) is 10.6. The monoisotopic (exact) mass is 761 g/mol. The molecule has 304 valence electrons. The van der Waals surface area contributed by atoms with Crippen LogP contribution < -0.4 is 10.6 Å². The molecule has 0 radical (unpaired) electrons. The van der Waals surface area contributed by atoms with E-state index in [1.54, 1.807) is 6.92 Å². The van der Waals surface area contributed by atoms with Crippen LogP contribution >= 0.6 is 0 Å². The van der Waals surface area contributed by atoms with E-state index >= 15 is 0 Å². The summed E-state index contributed by atoms with van der Waals surface area (Å²) in [5.41, 5.74) is 3.31. The second-order valence-corrected chi connectivity index (χ2v) is 16.6. The predicted octanol–water partition coefficient (Wildman–Crippen LogP) is 9.29. The molecule has 0 bridgehead atoms. The molecule has 1 aliphatic carbocycles. The Hall–Kier alpha value is -3.85. The maximum Gasteiger partial charge on any atom is 0.326 e. The zero-order valence-corrected chi connectivity index (χ0v) is 34.6. The third kappa shape index (κ3) is 15.7. The SMILES string of the molecule is CCCCC[C@H](CC(=O)c1ccc(-c2ccc(CCCC)cc2)cc1)C(=O)N[C@H](C(=O)C[C@H](C(=O)N[C@@H](CCCCC)C(=O)O)C1CC1)C(C)OC(C)(C)C. The second kappa shape index (κ2) is 22.6. The van der Waals surface area contributed by atoms with Crippen LogP contribution in [0.15, 0.2) is 48.5 Å². The Kier molecular flexibility index (Phi) is 18.7. The fourth-order valence-corrected chi connectivity index (χ4v) is 7.21. The Bertz CT molecular complexity index is 1520. The average Bonchev–Trinajstić information content (AvgIpc) is 3.99. The molecule has 1 saturated carbocycles. The molecule has 0 aliphatic heterocycles. The first-order chi connectivity index (χ1) is 26.2. The highest BCUT2D eigenvalue weighted by atomic mass is 16.5. The highest BCUT2D eigenvalue weighted by molar-refractivity contribution is 6.00. The number of carbonyl (C=O) groups excluding carboxylic acids is 4. The van der Waals surface area contributed by atoms with Gasteiger partial charge in [0.2, 0.25) is 11.8 Å². The van der Waals surface area contributed by atoms with Crippen molar-refractivity contribution in [1.29, 1.82) is 0 Å². The number of aliphatic carboxylic acids is 1. The van der Waals surface area contributed by atoms with E-state index in [0.717, 1.165) is 75.3 Å². The number of aryl methyl sites for hydroxylation is 1. The van der Waals surface area contributed by atoms with Gasteiger partial charge in [-0.2, -0.15) is 0 Å². The van der Waals surface area contributed by atoms with Crippen LogP contribution in [0.25, 0.3) is 11.1 Å². The number of nitrogens with one attached hydrogen (secondary N) is 2. The topological polar surface area (TPSA) is 139 Å². The van der Waals surface area contributed by atoms with Gasteiger partial charge in [0.05, 0.1) is 11.7 Å². The lowest BCUT2D eigenvalue weighted by molar-refractivity contribution is -0.143. The molecule has 1 fully saturated rings. The second-order valence-electron chi connectivity index (χ2n) is 16.6. The summed E-state index contributed by atoms with van der Waals surface area (Å²) in [5.74, 6) is -3.79. The Morgan fingerprint density at radius 2 is 1.31 bits per heavy atom. The van der Waals surface area contributed by atoms with E-state index in [9.17, 15) is 29.1 Å². The molecule has 9 heteroatoms. The van der Waals surface area contributed by atoms with Crippen LogP contribution in [-0.4, -0.2) is 58.2 Å². The maximum atomic E-state index is 14.2. The molecule has 2 amide bonds. The normalized spacial score (nSPS) is 15.7. The molecule has 1 unspecified atom stereocenters. The molecule has 0 saturated heterocycles. The molecule has 0 heterocycles. The first-order valence-electron chi connectivity index (χ1n) is 20.9. The summed E-state index contributed by atoms with van der Waals surface area (Å²) in [7, 11) is 0. The van der Waals surface area contributed by atoms with Gasteiger partial charge >= 0.3 is 5.97 Å². The van der Waals surface area contributed by atoms with E-state index in [1.807, 2.05) is 52.0 Å². The van der Waals surface area contributed by atoms with Gasteiger partial charge < -0.3 is 20.5 Å². The van der Waals surface area contributed by atoms with Crippen molar-refractivity contribution >= 4 is 29.4 Å². The number of carboxylic acids is 1. The summed E-state index contributed by atoms with van der Waals surface area (Å²) in [6.45, 7) is 13.7. The van der Waals surface area contributed by atoms with Crippen molar-refractivity contribution in [2.24, 2.45) is 17.8 Å². The Morgan fingerprint density at radius 3 is 1.84 bits per heavy atom. The van der Waals surface area contributed by atoms with Gasteiger partial charge in [-0.3, -0.25) is 19.2 Å². The minimum absolute atomic E-state index is 0.00183. The number of Topliss-reactive ketones (excluding diaryl/α,β-unsaturated/α-hetero) is 2. The molecule has 1 aliphatic rings. The Morgan fingerprint density at radius 1 is 0.745 bits per heavy atom. The molecular weight excluding hydrogens is 693 g/mol. The molecular formula is C46H68N2O7. The van der Waals surface area contributed by atoms with E-state index in [0.29, 0.717) is 24.8 Å². The van der Waals surface area contributed by atoms with Crippen LogP contribution in [0.1, 0.15) is 154 Å². The number of carbonyl (C=O) groups is 5. The molecule has 0 spiro atoms. The highest BCUT2D eigenvalue weighted by Crippen LogP contribution is 2.39. The van der Waals surface area contributed by atoms with Gasteiger partial charge in [0.15, 0.2) is 11.6 Å². The van der Waals surface area contributed by atoms with Gasteiger partial charge in [0.25, 0.3) is 0 Å². The zero-order valence-electron chi connectivity index (χ0n) is 34.6. The van der Waals surface area contributed by atoms with Crippen LogP contribution in [-0.2, 0) is 30.3 Å². The standard InChI is InChI=1S/C46H68N2O7/c1-8-11-14-17-37(29-40(49)36-27-23-34(24-28-36)33-21-19-32(20-22-33)16-13-10-3)43(51)48-42(31(4)55-46(5,6)7)41(50)30-38(35-25-26-35)44(52)47-39(45(53)54)18-15-12-9-2/h19-24,27-28,31,35,37-39,42H,8-18,25-26,29-30H2,1-7H3,(H,47,52)(H,48,51)(H,53,54)/t31?,37-,38+,39+,42+/m1/s1. The largest absolute Gasteiger partial charge is 0.480 e. The number of benzene rings is 2. The van der Waals surface area contributed by atoms with E-state index in [4.69, 9.17) is 4.74 Å². The zero-order chi connectivity index (χ0) is 40.5. The third-order valence-corrected chi connectivity index (χ3v) is 10.6. The molecule has 55 heavy (non-hydrogen) atoms. The van der Waals surface area contributed by atoms with Gasteiger partial charge in [-0.15, -0.1) is 0 Å². The molecule has 0 aromatic heterocycles. The number of hydrogen-bond donors (Lipinski definition) is 3. The Balaban J connectivity index is 1.78. The van der Waals surface area contributed by atoms with Crippen molar-refractivity contribution in [3.05, 3.63) is 59.7 Å². The van der Waals surface area contributed by atoms with Gasteiger partial charge in [-0.05, 0) is 88.8 Å². The van der Waals surface area contributed by atoms with Crippen LogP contribution in [0.5, 0.6) is 0 Å². The minimum Gasteiger partial charge on any atom is -0.480 e. The van der Waals surface area contributed by atoms with Gasteiger partial charge in [-0.1, -0.05) is 114 Å². The first kappa shape index (κ1) is 45.5. The van der Waals surface area contributed by atoms with Crippen LogP contribution in [0.2, 0.25) is 0 Å². The molecule has 3 rings (SSSR count). The summed E-state index contributed by atoms with van der Waals surface area (Å²) in [6.07, 6.45) is 9.95. The number of ketones is 2. The molecule has 2 aromatic rings. The molecule has 3 N–H and O–H groups in total. The number of amides is 2. The smallest absolute Gasteiger partial charge is 0.326 e. The van der Waals surface area contributed by atoms with E-state index in [-0.39, 0.29) is 36.2 Å². The summed E-state index contributed by atoms with van der Waals surface area (Å²) in [4.78, 5) is 67.5. The molecule has 5 atom stereocenters. The summed E-state index contributed by atoms with van der Waals surface area (Å²) in [5, 5.41) is 15.5. The van der Waals surface area contributed by atoms with Crippen molar-refractivity contribution < 1.29 is 33.8 Å². The van der Waals surface area contributed by atoms with Crippen molar-refractivity contribution in [1.82, 2.24) is 10.6 Å². The summed E-state index contributed by atoms with van der Waals surface area (Å²) >= 11 is 0. The maximum absolute atomic E-state index is 14.2. The van der Waals surface area contributed by atoms with E-state index in [1.165, 1.54) is 5.56 Å². The summed E-state index contributed by atoms with van der Waals surface area (Å²) in [6, 6.07) is 14.0. The van der Waals surface area contributed by atoms with E-state index in [2.05, 4.69) is 48.7 Å². The van der Waals surface area contributed by atoms with Crippen LogP contribution in [0.3, 0.4) is 0 Å². The predicted molar refractivity (Wildman–Crippen MR) is 219 cm³/mol. The first-order valence-corrected chi connectivity index (χ1v) is 20.9. The van der Waals surface area contributed by atoms with Crippen LogP contribution in [0.4, 0.5) is 0 Å². The minimum atomic E-state index is -1.09. The lowest BCUT2D eigenvalue weighted by atomic mass is 9.89. The lowest BCUT2D eigenvalue weighted by Crippen LogP contribution is -2.53. The quantitative estimate of drug-likeness (QED) is 0.0642. The van der Waals surface area contributed by atoms with Crippen molar-refractivity contribution in [3.63, 3.8) is 0 Å². The average molecular weight is 761 g/mol. The number of carboxylic acid groups (broad SMARTS) is 1. The van der Waals surface area contributed by atoms with Gasteiger partial charge in [0.1, 0.15) is 12.1 Å². The van der Waals surface area contributed by atoms with Gasteiger partial charge in [0, 0.05) is 30.2 Å². The Labute approximate surface area is 330 Å². The number of unbranched alkanes of at least 4 members (excludes halogenated alkanes) is 5. The number of rotatable bonds is 26. The molecule has 9 nitrogen and oxygen atoms in total. The lowest BCUT2D eigenvalue weighted by Gasteiger charge is -2.32. The fraction of sp³-hybridized carbons (Fsp3) is 0.630. The van der Waals surface area contributed by atoms with Crippen molar-refractivity contribution in [2.45, 2.75) is 169 Å². The number of ether oxygens (including phenoxy) is 1. The van der Waals surface area contributed by atoms with Gasteiger partial charge in [-0.25, -0.2) is 4.79 Å². The summed E-state index contributed by atoms with van der Waals surface area (Å²) < 4.78 is 6.21. The van der Waals surface area contributed by atoms with Crippen LogP contribution in [0, 0.1) is 17.8 Å². The highest BCUT2D eigenvalue weighted by Gasteiger charge is 2.41.